The quantitative estimate of drug-likeness (QED) is 0.179. The van der Waals surface area contributed by atoms with Crippen molar-refractivity contribution in [2.75, 3.05) is 33.5 Å². The molecule has 0 heterocycles. The Balaban J connectivity index is 2.98. The lowest BCUT2D eigenvalue weighted by Crippen LogP contribution is -2.41. The summed E-state index contributed by atoms with van der Waals surface area (Å²) in [6.45, 7) is 9.49. The summed E-state index contributed by atoms with van der Waals surface area (Å²) in [4.78, 5) is 48.2. The maximum Gasteiger partial charge on any atom is 0.513 e. The van der Waals surface area contributed by atoms with Crippen molar-refractivity contribution in [2.45, 2.75) is 59.9 Å². The Labute approximate surface area is 211 Å². The van der Waals surface area contributed by atoms with E-state index in [1.165, 1.54) is 19.2 Å². The number of carbonyl (C=O) groups is 4. The van der Waals surface area contributed by atoms with E-state index >= 15 is 0 Å². The van der Waals surface area contributed by atoms with E-state index in [9.17, 15) is 19.2 Å². The molecule has 1 aromatic rings. The van der Waals surface area contributed by atoms with Gasteiger partial charge in [-0.15, -0.1) is 0 Å². The molecule has 0 radical (unpaired) electrons. The molecule has 11 nitrogen and oxygen atoms in total. The second-order valence-electron chi connectivity index (χ2n) is 8.80. The van der Waals surface area contributed by atoms with Gasteiger partial charge >= 0.3 is 24.2 Å². The summed E-state index contributed by atoms with van der Waals surface area (Å²) in [5, 5.41) is 2.99. The van der Waals surface area contributed by atoms with E-state index in [1.807, 2.05) is 13.8 Å². The number of hydrogen-bond acceptors (Lipinski definition) is 11. The SMILES string of the molecule is CCCOC(=O)Oc1ccc(C[C@H](NCCOC(=O)C(C)(C)C)C(=O)OC)cc1OC(=O)OCCC. The first kappa shape index (κ1) is 30.7. The third-order valence-electron chi connectivity index (χ3n) is 4.51. The van der Waals surface area contributed by atoms with Crippen molar-refractivity contribution in [3.63, 3.8) is 0 Å². The van der Waals surface area contributed by atoms with Crippen molar-refractivity contribution < 1.29 is 47.6 Å². The first-order valence-corrected chi connectivity index (χ1v) is 11.8. The van der Waals surface area contributed by atoms with Gasteiger partial charge in [0, 0.05) is 6.54 Å². The maximum atomic E-state index is 12.3. The molecule has 0 amide bonds. The Bertz CT molecular complexity index is 878. The van der Waals surface area contributed by atoms with E-state index < -0.39 is 29.7 Å². The van der Waals surface area contributed by atoms with Crippen molar-refractivity contribution in [3.8, 4) is 11.5 Å². The second kappa shape index (κ2) is 15.6. The summed E-state index contributed by atoms with van der Waals surface area (Å²) in [7, 11) is 1.26. The van der Waals surface area contributed by atoms with Crippen molar-refractivity contribution in [2.24, 2.45) is 5.41 Å². The zero-order chi connectivity index (χ0) is 27.1. The highest BCUT2D eigenvalue weighted by molar-refractivity contribution is 5.76. The number of esters is 2. The van der Waals surface area contributed by atoms with Crippen LogP contribution in [0.15, 0.2) is 18.2 Å². The number of benzene rings is 1. The lowest BCUT2D eigenvalue weighted by molar-refractivity contribution is -0.152. The monoisotopic (exact) mass is 511 g/mol. The van der Waals surface area contributed by atoms with Crippen LogP contribution in [-0.2, 0) is 35.0 Å². The Kier molecular flexibility index (Phi) is 13.3. The van der Waals surface area contributed by atoms with Gasteiger partial charge in [0.15, 0.2) is 11.5 Å². The third-order valence-corrected chi connectivity index (χ3v) is 4.51. The highest BCUT2D eigenvalue weighted by atomic mass is 16.7. The summed E-state index contributed by atoms with van der Waals surface area (Å²) < 4.78 is 30.3. The minimum atomic E-state index is -0.968. The van der Waals surface area contributed by atoms with Crippen molar-refractivity contribution in [1.82, 2.24) is 5.32 Å². The highest BCUT2D eigenvalue weighted by Crippen LogP contribution is 2.30. The highest BCUT2D eigenvalue weighted by Gasteiger charge is 2.24. The van der Waals surface area contributed by atoms with Gasteiger partial charge in [0.25, 0.3) is 0 Å². The fourth-order valence-electron chi connectivity index (χ4n) is 2.66. The van der Waals surface area contributed by atoms with Crippen LogP contribution in [-0.4, -0.2) is 63.8 Å². The lowest BCUT2D eigenvalue weighted by atomic mass is 9.97. The van der Waals surface area contributed by atoms with Crippen molar-refractivity contribution >= 4 is 24.2 Å². The van der Waals surface area contributed by atoms with E-state index in [2.05, 4.69) is 5.32 Å². The predicted octanol–water partition coefficient (Wildman–Crippen LogP) is 3.80. The standard InChI is InChI=1S/C25H37NO10/c1-7-12-33-23(29)35-19-10-9-17(16-20(19)36-24(30)34-13-8-2)15-18(21(27)31-6)26-11-14-32-22(28)25(3,4)5/h9-10,16,18,26H,7-8,11-15H2,1-6H3/t18-/m0/s1. The number of rotatable bonds is 13. The Morgan fingerprint density at radius 2 is 1.44 bits per heavy atom. The largest absolute Gasteiger partial charge is 0.513 e. The van der Waals surface area contributed by atoms with Gasteiger partial charge in [-0.25, -0.2) is 9.59 Å². The molecule has 1 N–H and O–H groups in total. The van der Waals surface area contributed by atoms with Gasteiger partial charge in [0.1, 0.15) is 12.6 Å². The van der Waals surface area contributed by atoms with Gasteiger partial charge in [0.05, 0.1) is 25.7 Å². The summed E-state index contributed by atoms with van der Waals surface area (Å²) in [6.07, 6.45) is -0.572. The van der Waals surface area contributed by atoms with E-state index in [-0.39, 0.29) is 50.3 Å². The summed E-state index contributed by atoms with van der Waals surface area (Å²) in [5.41, 5.74) is -0.0689. The molecule has 36 heavy (non-hydrogen) atoms. The number of carbonyl (C=O) groups excluding carboxylic acids is 4. The molecule has 0 aromatic heterocycles. The average molecular weight is 512 g/mol. The van der Waals surface area contributed by atoms with E-state index in [0.29, 0.717) is 18.4 Å². The van der Waals surface area contributed by atoms with Gasteiger partial charge in [-0.2, -0.15) is 0 Å². The zero-order valence-electron chi connectivity index (χ0n) is 21.8. The molecule has 0 unspecified atom stereocenters. The first-order valence-electron chi connectivity index (χ1n) is 11.8. The molecule has 0 aliphatic heterocycles. The summed E-state index contributed by atoms with van der Waals surface area (Å²) in [5.74, 6) is -1.02. The number of nitrogens with one attached hydrogen (secondary N) is 1. The zero-order valence-corrected chi connectivity index (χ0v) is 21.8. The van der Waals surface area contributed by atoms with Crippen LogP contribution in [0.4, 0.5) is 9.59 Å². The van der Waals surface area contributed by atoms with Crippen LogP contribution in [0.25, 0.3) is 0 Å². The molecule has 0 saturated heterocycles. The Morgan fingerprint density at radius 1 is 0.861 bits per heavy atom. The van der Waals surface area contributed by atoms with E-state index in [1.54, 1.807) is 26.8 Å². The molecule has 11 heteroatoms. The van der Waals surface area contributed by atoms with Gasteiger partial charge < -0.3 is 33.7 Å². The molecule has 202 valence electrons. The fourth-order valence-corrected chi connectivity index (χ4v) is 2.66. The third kappa shape index (κ3) is 11.4. The van der Waals surface area contributed by atoms with Gasteiger partial charge in [0.2, 0.25) is 0 Å². The Morgan fingerprint density at radius 3 is 1.97 bits per heavy atom. The van der Waals surface area contributed by atoms with Crippen LogP contribution in [0, 0.1) is 5.41 Å². The molecular weight excluding hydrogens is 474 g/mol. The first-order chi connectivity index (χ1) is 17.0. The fraction of sp³-hybridized carbons (Fsp3) is 0.600. The normalized spacial score (nSPS) is 11.7. The van der Waals surface area contributed by atoms with Crippen LogP contribution in [0.5, 0.6) is 11.5 Å². The molecule has 0 bridgehead atoms. The number of methoxy groups -OCH3 is 1. The van der Waals surface area contributed by atoms with Gasteiger partial charge in [-0.1, -0.05) is 19.9 Å². The van der Waals surface area contributed by atoms with E-state index in [4.69, 9.17) is 28.4 Å². The molecule has 1 rings (SSSR count). The predicted molar refractivity (Wildman–Crippen MR) is 129 cm³/mol. The molecular formula is C25H37NO10. The lowest BCUT2D eigenvalue weighted by Gasteiger charge is -2.19. The molecule has 0 spiro atoms. The molecule has 1 aromatic carbocycles. The van der Waals surface area contributed by atoms with Crippen LogP contribution in [0.1, 0.15) is 53.0 Å². The minimum Gasteiger partial charge on any atom is -0.468 e. The van der Waals surface area contributed by atoms with Crippen LogP contribution in [0.3, 0.4) is 0 Å². The van der Waals surface area contributed by atoms with Crippen LogP contribution < -0.4 is 14.8 Å². The van der Waals surface area contributed by atoms with Crippen molar-refractivity contribution in [3.05, 3.63) is 23.8 Å². The van der Waals surface area contributed by atoms with Crippen LogP contribution in [0.2, 0.25) is 0 Å². The second-order valence-corrected chi connectivity index (χ2v) is 8.80. The topological polar surface area (TPSA) is 136 Å². The van der Waals surface area contributed by atoms with Gasteiger partial charge in [-0.3, -0.25) is 9.59 Å². The van der Waals surface area contributed by atoms with E-state index in [0.717, 1.165) is 0 Å². The molecule has 0 aliphatic rings. The molecule has 0 aliphatic carbocycles. The Hall–Kier alpha value is -3.34. The van der Waals surface area contributed by atoms with Crippen molar-refractivity contribution in [1.29, 1.82) is 0 Å². The molecule has 0 saturated carbocycles. The number of hydrogen-bond donors (Lipinski definition) is 1. The average Bonchev–Trinajstić information content (AvgIpc) is 2.83. The van der Waals surface area contributed by atoms with Crippen LogP contribution >= 0.6 is 0 Å². The smallest absolute Gasteiger partial charge is 0.468 e. The van der Waals surface area contributed by atoms with Gasteiger partial charge in [-0.05, 0) is 57.7 Å². The number of ether oxygens (including phenoxy) is 6. The maximum absolute atomic E-state index is 12.3. The summed E-state index contributed by atoms with van der Waals surface area (Å²) >= 11 is 0. The molecule has 0 fully saturated rings. The molecule has 1 atom stereocenters. The minimum absolute atomic E-state index is 0.0510. The summed E-state index contributed by atoms with van der Waals surface area (Å²) in [6, 6.07) is 3.69.